The van der Waals surface area contributed by atoms with E-state index < -0.39 is 0 Å². The quantitative estimate of drug-likeness (QED) is 0.786. The molecule has 0 saturated heterocycles. The van der Waals surface area contributed by atoms with Crippen molar-refractivity contribution in [2.45, 2.75) is 20.8 Å². The summed E-state index contributed by atoms with van der Waals surface area (Å²) in [5.74, 6) is -0.324. The fraction of sp³-hybridized carbons (Fsp3) is 0.231. The molecule has 2 amide bonds. The number of aryl methyl sites for hydroxylation is 1. The zero-order valence-corrected chi connectivity index (χ0v) is 10.2. The molecule has 0 fully saturated rings. The van der Waals surface area contributed by atoms with E-state index in [1.165, 1.54) is 13.0 Å². The van der Waals surface area contributed by atoms with Crippen molar-refractivity contribution in [1.82, 2.24) is 0 Å². The third-order valence-electron chi connectivity index (χ3n) is 2.13. The van der Waals surface area contributed by atoms with E-state index in [9.17, 15) is 9.59 Å². The first-order valence-corrected chi connectivity index (χ1v) is 5.35. The molecule has 0 bridgehead atoms. The Morgan fingerprint density at radius 1 is 1.24 bits per heavy atom. The van der Waals surface area contributed by atoms with Gasteiger partial charge in [0.2, 0.25) is 11.8 Å². The van der Waals surface area contributed by atoms with Gasteiger partial charge in [0.05, 0.1) is 0 Å². The number of allylic oxidation sites excluding steroid dienone is 1. The van der Waals surface area contributed by atoms with Gasteiger partial charge in [-0.3, -0.25) is 9.59 Å². The predicted molar refractivity (Wildman–Crippen MR) is 68.9 cm³/mol. The van der Waals surface area contributed by atoms with Crippen LogP contribution in [0.25, 0.3) is 0 Å². The molecule has 90 valence electrons. The van der Waals surface area contributed by atoms with Crippen LogP contribution in [0.1, 0.15) is 19.4 Å². The molecule has 0 spiro atoms. The van der Waals surface area contributed by atoms with Gasteiger partial charge < -0.3 is 10.6 Å². The standard InChI is InChI=1S/C13H16N2O2/c1-4-5-13(17)15-12-8-11(14-10(3)16)7-6-9(12)2/h4-8H,1-3H3,(H,14,16)(H,15,17)/b5-4+. The van der Waals surface area contributed by atoms with Crippen LogP contribution in [0.15, 0.2) is 30.4 Å². The Morgan fingerprint density at radius 2 is 1.94 bits per heavy atom. The summed E-state index contributed by atoms with van der Waals surface area (Å²) >= 11 is 0. The number of anilines is 2. The van der Waals surface area contributed by atoms with Gasteiger partial charge in [-0.1, -0.05) is 12.1 Å². The van der Waals surface area contributed by atoms with Gasteiger partial charge in [0.1, 0.15) is 0 Å². The second-order valence-corrected chi connectivity index (χ2v) is 3.70. The summed E-state index contributed by atoms with van der Waals surface area (Å²) in [5.41, 5.74) is 2.30. The van der Waals surface area contributed by atoms with Gasteiger partial charge in [0, 0.05) is 18.3 Å². The monoisotopic (exact) mass is 232 g/mol. The van der Waals surface area contributed by atoms with E-state index in [-0.39, 0.29) is 11.8 Å². The summed E-state index contributed by atoms with van der Waals surface area (Å²) in [6, 6.07) is 5.37. The first kappa shape index (κ1) is 13.0. The van der Waals surface area contributed by atoms with E-state index in [0.29, 0.717) is 11.4 Å². The van der Waals surface area contributed by atoms with Crippen molar-refractivity contribution in [2.24, 2.45) is 0 Å². The Hall–Kier alpha value is -2.10. The van der Waals surface area contributed by atoms with Gasteiger partial charge in [-0.15, -0.1) is 0 Å². The maximum absolute atomic E-state index is 11.4. The molecular weight excluding hydrogens is 216 g/mol. The lowest BCUT2D eigenvalue weighted by Crippen LogP contribution is -2.10. The lowest BCUT2D eigenvalue weighted by molar-refractivity contribution is -0.114. The summed E-state index contributed by atoms with van der Waals surface area (Å²) in [6.45, 7) is 5.11. The molecule has 0 radical (unpaired) electrons. The van der Waals surface area contributed by atoms with Crippen LogP contribution in [-0.4, -0.2) is 11.8 Å². The van der Waals surface area contributed by atoms with Crippen LogP contribution < -0.4 is 10.6 Å². The van der Waals surface area contributed by atoms with Crippen molar-refractivity contribution in [3.63, 3.8) is 0 Å². The molecule has 0 saturated carbocycles. The van der Waals surface area contributed by atoms with Crippen molar-refractivity contribution in [3.8, 4) is 0 Å². The topological polar surface area (TPSA) is 58.2 Å². The molecule has 0 atom stereocenters. The fourth-order valence-corrected chi connectivity index (χ4v) is 1.36. The maximum atomic E-state index is 11.4. The van der Waals surface area contributed by atoms with E-state index in [1.54, 1.807) is 25.1 Å². The van der Waals surface area contributed by atoms with E-state index in [1.807, 2.05) is 13.0 Å². The minimum Gasteiger partial charge on any atom is -0.326 e. The van der Waals surface area contributed by atoms with E-state index in [0.717, 1.165) is 5.56 Å². The average Bonchev–Trinajstić information content (AvgIpc) is 2.22. The molecule has 0 heterocycles. The second kappa shape index (κ2) is 5.84. The Labute approximate surface area is 101 Å². The van der Waals surface area contributed by atoms with Crippen LogP contribution in [0.5, 0.6) is 0 Å². The highest BCUT2D eigenvalue weighted by Crippen LogP contribution is 2.20. The molecule has 4 nitrogen and oxygen atoms in total. The van der Waals surface area contributed by atoms with Gasteiger partial charge in [-0.05, 0) is 37.6 Å². The van der Waals surface area contributed by atoms with Crippen LogP contribution >= 0.6 is 0 Å². The number of nitrogens with one attached hydrogen (secondary N) is 2. The van der Waals surface area contributed by atoms with Crippen molar-refractivity contribution in [2.75, 3.05) is 10.6 Å². The minimum absolute atomic E-state index is 0.139. The lowest BCUT2D eigenvalue weighted by atomic mass is 10.1. The number of benzene rings is 1. The van der Waals surface area contributed by atoms with Crippen LogP contribution in [0.2, 0.25) is 0 Å². The number of amides is 2. The fourth-order valence-electron chi connectivity index (χ4n) is 1.36. The summed E-state index contributed by atoms with van der Waals surface area (Å²) in [5, 5.41) is 5.42. The molecule has 0 unspecified atom stereocenters. The Balaban J connectivity index is 2.90. The van der Waals surface area contributed by atoms with Gasteiger partial charge in [-0.25, -0.2) is 0 Å². The number of carbonyl (C=O) groups is 2. The molecule has 17 heavy (non-hydrogen) atoms. The zero-order valence-electron chi connectivity index (χ0n) is 10.2. The highest BCUT2D eigenvalue weighted by molar-refractivity contribution is 6.00. The van der Waals surface area contributed by atoms with Gasteiger partial charge >= 0.3 is 0 Å². The summed E-state index contributed by atoms with van der Waals surface area (Å²) in [4.78, 5) is 22.3. The summed E-state index contributed by atoms with van der Waals surface area (Å²) < 4.78 is 0. The summed E-state index contributed by atoms with van der Waals surface area (Å²) in [7, 11) is 0. The SMILES string of the molecule is C/C=C/C(=O)Nc1cc(NC(C)=O)ccc1C. The molecule has 0 aliphatic heterocycles. The van der Waals surface area contributed by atoms with Gasteiger partial charge in [-0.2, -0.15) is 0 Å². The number of carbonyl (C=O) groups excluding carboxylic acids is 2. The van der Waals surface area contributed by atoms with Crippen molar-refractivity contribution >= 4 is 23.2 Å². The maximum Gasteiger partial charge on any atom is 0.248 e. The van der Waals surface area contributed by atoms with Crippen molar-refractivity contribution in [3.05, 3.63) is 35.9 Å². The number of rotatable bonds is 3. The number of hydrogen-bond acceptors (Lipinski definition) is 2. The van der Waals surface area contributed by atoms with Crippen LogP contribution in [0.3, 0.4) is 0 Å². The van der Waals surface area contributed by atoms with Crippen LogP contribution in [-0.2, 0) is 9.59 Å². The van der Waals surface area contributed by atoms with Gasteiger partial charge in [0.25, 0.3) is 0 Å². The lowest BCUT2D eigenvalue weighted by Gasteiger charge is -2.09. The van der Waals surface area contributed by atoms with E-state index >= 15 is 0 Å². The molecular formula is C13H16N2O2. The third-order valence-corrected chi connectivity index (χ3v) is 2.13. The minimum atomic E-state index is -0.185. The molecule has 0 aliphatic carbocycles. The zero-order chi connectivity index (χ0) is 12.8. The molecule has 1 aromatic rings. The van der Waals surface area contributed by atoms with E-state index in [4.69, 9.17) is 0 Å². The molecule has 0 aromatic heterocycles. The first-order chi connectivity index (χ1) is 8.02. The molecule has 1 rings (SSSR count). The molecule has 2 N–H and O–H groups in total. The largest absolute Gasteiger partial charge is 0.326 e. The Kier molecular flexibility index (Phi) is 4.46. The van der Waals surface area contributed by atoms with Crippen LogP contribution in [0, 0.1) is 6.92 Å². The van der Waals surface area contributed by atoms with Crippen molar-refractivity contribution in [1.29, 1.82) is 0 Å². The Morgan fingerprint density at radius 3 is 2.53 bits per heavy atom. The highest BCUT2D eigenvalue weighted by atomic mass is 16.2. The third kappa shape index (κ3) is 4.10. The smallest absolute Gasteiger partial charge is 0.248 e. The summed E-state index contributed by atoms with van der Waals surface area (Å²) in [6.07, 6.45) is 3.12. The Bertz CT molecular complexity index is 464. The average molecular weight is 232 g/mol. The molecule has 1 aromatic carbocycles. The molecule has 4 heteroatoms. The van der Waals surface area contributed by atoms with Crippen LogP contribution in [0.4, 0.5) is 11.4 Å². The van der Waals surface area contributed by atoms with Gasteiger partial charge in [0.15, 0.2) is 0 Å². The predicted octanol–water partition coefficient (Wildman–Crippen LogP) is 2.47. The normalized spacial score (nSPS) is 10.3. The number of hydrogen-bond donors (Lipinski definition) is 2. The highest BCUT2D eigenvalue weighted by Gasteiger charge is 2.03. The van der Waals surface area contributed by atoms with Crippen molar-refractivity contribution < 1.29 is 9.59 Å². The first-order valence-electron chi connectivity index (χ1n) is 5.35. The molecule has 0 aliphatic rings. The second-order valence-electron chi connectivity index (χ2n) is 3.70. The van der Waals surface area contributed by atoms with E-state index in [2.05, 4.69) is 10.6 Å².